The molecule has 0 spiro atoms. The van der Waals surface area contributed by atoms with Gasteiger partial charge in [0.05, 0.1) is 12.1 Å². The van der Waals surface area contributed by atoms with E-state index in [1.165, 1.54) is 0 Å². The molecular formula is C25H37FN2O6. The number of likely N-dealkylation sites (N-methyl/N-ethyl adjacent to an activating group) is 1. The summed E-state index contributed by atoms with van der Waals surface area (Å²) in [5.41, 5.74) is 2.19. The van der Waals surface area contributed by atoms with Crippen molar-refractivity contribution in [2.45, 2.75) is 76.2 Å². The first-order valence-electron chi connectivity index (χ1n) is 11.7. The van der Waals surface area contributed by atoms with Crippen molar-refractivity contribution in [1.29, 1.82) is 0 Å². The number of aldehydes is 1. The highest BCUT2D eigenvalue weighted by atomic mass is 19.1. The van der Waals surface area contributed by atoms with Crippen molar-refractivity contribution < 1.29 is 34.0 Å². The molecule has 1 aromatic carbocycles. The first-order chi connectivity index (χ1) is 16.2. The lowest BCUT2D eigenvalue weighted by Crippen LogP contribution is -2.54. The van der Waals surface area contributed by atoms with Gasteiger partial charge in [-0.3, -0.25) is 4.79 Å². The van der Waals surface area contributed by atoms with Crippen LogP contribution >= 0.6 is 0 Å². The Morgan fingerprint density at radius 2 is 2.00 bits per heavy atom. The fourth-order valence-corrected chi connectivity index (χ4v) is 4.19. The fourth-order valence-electron chi connectivity index (χ4n) is 4.19. The molecule has 2 rings (SSSR count). The largest absolute Gasteiger partial charge is 0.386 e. The predicted octanol–water partition coefficient (Wildman–Crippen LogP) is 1.74. The molecule has 1 aliphatic heterocycles. The second-order valence-electron chi connectivity index (χ2n) is 8.77. The van der Waals surface area contributed by atoms with Crippen molar-refractivity contribution in [3.63, 3.8) is 0 Å². The van der Waals surface area contributed by atoms with E-state index >= 15 is 0 Å². The minimum atomic E-state index is -1.28. The number of aliphatic hydroxyl groups is 3. The quantitative estimate of drug-likeness (QED) is 0.337. The lowest BCUT2D eigenvalue weighted by molar-refractivity contribution is -0.231. The van der Waals surface area contributed by atoms with Crippen LogP contribution in [0.25, 0.3) is 5.57 Å². The van der Waals surface area contributed by atoms with Gasteiger partial charge in [-0.15, -0.1) is 0 Å². The van der Waals surface area contributed by atoms with Crippen LogP contribution in [-0.2, 0) is 14.3 Å². The third-order valence-corrected chi connectivity index (χ3v) is 6.16. The van der Waals surface area contributed by atoms with Crippen molar-refractivity contribution >= 4 is 17.8 Å². The molecule has 1 amide bonds. The van der Waals surface area contributed by atoms with Gasteiger partial charge < -0.3 is 35.1 Å². The minimum Gasteiger partial charge on any atom is -0.386 e. The van der Waals surface area contributed by atoms with Crippen LogP contribution in [0, 0.1) is 0 Å². The molecule has 9 heteroatoms. The summed E-state index contributed by atoms with van der Waals surface area (Å²) < 4.78 is 18.9. The van der Waals surface area contributed by atoms with Crippen LogP contribution in [0.3, 0.4) is 0 Å². The standard InChI is InChI=1S/C25H37FN2O6/c1-4-5-17(11-13-29)18-6-8-19(9-7-18)23(31)20(15-26)27-22(30)10-12-28(3)21-14-16(2)34-25(33)24(21)32/h5-9,13,16,20-21,23-25,31-33H,4,10-12,14-15H2,1-3H3,(H,27,30)/b17-5+. The summed E-state index contributed by atoms with van der Waals surface area (Å²) in [5.74, 6) is -0.431. The van der Waals surface area contributed by atoms with Crippen LogP contribution in [0.5, 0.6) is 0 Å². The Labute approximate surface area is 200 Å². The molecular weight excluding hydrogens is 443 g/mol. The number of carbonyl (C=O) groups excluding carboxylic acids is 2. The van der Waals surface area contributed by atoms with E-state index in [0.29, 0.717) is 12.0 Å². The Morgan fingerprint density at radius 1 is 1.32 bits per heavy atom. The van der Waals surface area contributed by atoms with Gasteiger partial charge in [-0.2, -0.15) is 0 Å². The van der Waals surface area contributed by atoms with E-state index in [2.05, 4.69) is 5.32 Å². The number of hydrogen-bond donors (Lipinski definition) is 4. The number of aliphatic hydroxyl groups excluding tert-OH is 3. The second-order valence-corrected chi connectivity index (χ2v) is 8.77. The van der Waals surface area contributed by atoms with Crippen LogP contribution < -0.4 is 5.32 Å². The Balaban J connectivity index is 1.94. The first kappa shape index (κ1) is 28.1. The molecule has 1 aromatic rings. The van der Waals surface area contributed by atoms with Gasteiger partial charge >= 0.3 is 0 Å². The van der Waals surface area contributed by atoms with Gasteiger partial charge in [0.25, 0.3) is 0 Å². The van der Waals surface area contributed by atoms with Crippen molar-refractivity contribution in [3.8, 4) is 0 Å². The molecule has 34 heavy (non-hydrogen) atoms. The summed E-state index contributed by atoms with van der Waals surface area (Å²) in [6, 6.07) is 5.37. The number of alkyl halides is 1. The number of hydrogen-bond acceptors (Lipinski definition) is 7. The number of amides is 1. The summed E-state index contributed by atoms with van der Waals surface area (Å²) in [6.45, 7) is 3.11. The highest BCUT2D eigenvalue weighted by Crippen LogP contribution is 2.24. The zero-order chi connectivity index (χ0) is 25.3. The molecule has 6 atom stereocenters. The summed E-state index contributed by atoms with van der Waals surface area (Å²) in [5, 5.41) is 33.1. The predicted molar refractivity (Wildman–Crippen MR) is 126 cm³/mol. The zero-order valence-electron chi connectivity index (χ0n) is 20.1. The van der Waals surface area contributed by atoms with E-state index in [1.54, 1.807) is 43.1 Å². The maximum Gasteiger partial charge on any atom is 0.221 e. The van der Waals surface area contributed by atoms with Crippen molar-refractivity contribution in [2.24, 2.45) is 0 Å². The van der Waals surface area contributed by atoms with E-state index in [0.717, 1.165) is 23.8 Å². The zero-order valence-corrected chi connectivity index (χ0v) is 20.1. The van der Waals surface area contributed by atoms with E-state index in [-0.39, 0.29) is 31.5 Å². The molecule has 4 N–H and O–H groups in total. The molecule has 0 saturated carbocycles. The van der Waals surface area contributed by atoms with Gasteiger partial charge in [-0.05, 0) is 43.5 Å². The normalized spacial score (nSPS) is 25.1. The number of carbonyl (C=O) groups is 2. The average molecular weight is 481 g/mol. The number of allylic oxidation sites excluding steroid dienone is 2. The van der Waals surface area contributed by atoms with E-state index in [4.69, 9.17) is 4.74 Å². The smallest absolute Gasteiger partial charge is 0.221 e. The molecule has 1 aliphatic rings. The molecule has 0 radical (unpaired) electrons. The highest BCUT2D eigenvalue weighted by molar-refractivity contribution is 5.77. The number of ether oxygens (including phenoxy) is 1. The Hall–Kier alpha value is -2.17. The fraction of sp³-hybridized carbons (Fsp3) is 0.600. The van der Waals surface area contributed by atoms with E-state index in [1.807, 2.05) is 13.0 Å². The number of nitrogens with one attached hydrogen (secondary N) is 1. The Kier molecular flexibility index (Phi) is 11.3. The van der Waals surface area contributed by atoms with Gasteiger partial charge in [0, 0.05) is 25.4 Å². The lowest BCUT2D eigenvalue weighted by Gasteiger charge is -2.40. The van der Waals surface area contributed by atoms with E-state index in [9.17, 15) is 29.3 Å². The van der Waals surface area contributed by atoms with Gasteiger partial charge in [0.2, 0.25) is 5.91 Å². The number of benzene rings is 1. The van der Waals surface area contributed by atoms with Crippen LogP contribution in [0.2, 0.25) is 0 Å². The van der Waals surface area contributed by atoms with Crippen LogP contribution in [-0.4, -0.2) is 83.3 Å². The maximum atomic E-state index is 13.7. The van der Waals surface area contributed by atoms with Crippen molar-refractivity contribution in [3.05, 3.63) is 41.5 Å². The van der Waals surface area contributed by atoms with Crippen molar-refractivity contribution in [1.82, 2.24) is 10.2 Å². The van der Waals surface area contributed by atoms with Crippen LogP contribution in [0.4, 0.5) is 4.39 Å². The molecule has 1 heterocycles. The molecule has 8 nitrogen and oxygen atoms in total. The molecule has 0 bridgehead atoms. The van der Waals surface area contributed by atoms with Crippen LogP contribution in [0.1, 0.15) is 56.8 Å². The Bertz CT molecular complexity index is 818. The Morgan fingerprint density at radius 3 is 2.59 bits per heavy atom. The van der Waals surface area contributed by atoms with Gasteiger partial charge in [0.15, 0.2) is 6.29 Å². The molecule has 6 unspecified atom stereocenters. The maximum absolute atomic E-state index is 13.7. The minimum absolute atomic E-state index is 0.0318. The first-order valence-corrected chi connectivity index (χ1v) is 11.7. The summed E-state index contributed by atoms with van der Waals surface area (Å²) >= 11 is 0. The SMILES string of the molecule is CC/C=C(\CC=O)c1ccc(C(O)C(CF)NC(=O)CCN(C)C2CC(C)OC(O)C2O)cc1. The van der Waals surface area contributed by atoms with E-state index < -0.39 is 37.1 Å². The molecule has 1 saturated heterocycles. The molecule has 0 aromatic heterocycles. The lowest BCUT2D eigenvalue weighted by atomic mass is 9.97. The molecule has 1 fully saturated rings. The van der Waals surface area contributed by atoms with Gasteiger partial charge in [-0.25, -0.2) is 4.39 Å². The molecule has 190 valence electrons. The topological polar surface area (TPSA) is 119 Å². The van der Waals surface area contributed by atoms with Gasteiger partial charge in [0.1, 0.15) is 25.2 Å². The third kappa shape index (κ3) is 7.68. The van der Waals surface area contributed by atoms with Crippen molar-refractivity contribution in [2.75, 3.05) is 20.3 Å². The van der Waals surface area contributed by atoms with Crippen LogP contribution in [0.15, 0.2) is 30.3 Å². The number of halogens is 1. The second kappa shape index (κ2) is 13.7. The summed E-state index contributed by atoms with van der Waals surface area (Å²) in [6.07, 6.45) is 0.556. The number of rotatable bonds is 12. The summed E-state index contributed by atoms with van der Waals surface area (Å²) in [4.78, 5) is 25.1. The summed E-state index contributed by atoms with van der Waals surface area (Å²) in [7, 11) is 1.74. The highest BCUT2D eigenvalue weighted by Gasteiger charge is 2.37. The average Bonchev–Trinajstić information content (AvgIpc) is 2.82. The molecule has 0 aliphatic carbocycles. The number of nitrogens with zero attached hydrogens (tertiary/aromatic N) is 1. The van der Waals surface area contributed by atoms with Gasteiger partial charge in [-0.1, -0.05) is 37.3 Å². The monoisotopic (exact) mass is 480 g/mol. The third-order valence-electron chi connectivity index (χ3n) is 6.16.